The Kier molecular flexibility index (Phi) is 3.50. The Bertz CT molecular complexity index is 361. The van der Waals surface area contributed by atoms with Crippen molar-refractivity contribution in [3.8, 4) is 0 Å². The molecule has 0 bridgehead atoms. The number of carbonyl (C=O) groups excluding carboxylic acids is 1. The Hall–Kier alpha value is -1.05. The van der Waals surface area contributed by atoms with Crippen molar-refractivity contribution in [3.63, 3.8) is 0 Å². The second-order valence-corrected chi connectivity index (χ2v) is 4.01. The first-order valence-electron chi connectivity index (χ1n) is 3.88. The number of hydrogen-bond donors (Lipinski definition) is 3. The highest BCUT2D eigenvalue weighted by Crippen LogP contribution is 2.06. The van der Waals surface area contributed by atoms with E-state index in [1.54, 1.807) is 12.3 Å². The van der Waals surface area contributed by atoms with Crippen LogP contribution in [-0.2, 0) is 4.79 Å². The molecule has 1 atom stereocenters. The lowest BCUT2D eigenvalue weighted by molar-refractivity contribution is -0.138. The molecule has 1 unspecified atom stereocenters. The monoisotopic (exact) mass is 308 g/mol. The molecule has 0 fully saturated rings. The fourth-order valence-corrected chi connectivity index (χ4v) is 1.30. The first kappa shape index (κ1) is 11.0. The largest absolute Gasteiger partial charge is 0.480 e. The topological polar surface area (TPSA) is 82.2 Å². The summed E-state index contributed by atoms with van der Waals surface area (Å²) in [6.45, 7) is 1.41. The normalized spacial score (nSPS) is 12.1. The van der Waals surface area contributed by atoms with Crippen molar-refractivity contribution in [1.82, 2.24) is 10.3 Å². The van der Waals surface area contributed by atoms with E-state index in [0.717, 1.165) is 3.57 Å². The summed E-state index contributed by atoms with van der Waals surface area (Å²) in [6, 6.07) is 0.758. The maximum atomic E-state index is 11.4. The van der Waals surface area contributed by atoms with E-state index < -0.39 is 17.9 Å². The molecule has 0 spiro atoms. The van der Waals surface area contributed by atoms with Crippen LogP contribution in [-0.4, -0.2) is 28.0 Å². The first-order chi connectivity index (χ1) is 6.50. The van der Waals surface area contributed by atoms with Gasteiger partial charge < -0.3 is 15.4 Å². The average Bonchev–Trinajstić information content (AvgIpc) is 2.51. The predicted molar refractivity (Wildman–Crippen MR) is 58.1 cm³/mol. The third-order valence-electron chi connectivity index (χ3n) is 1.61. The number of carboxylic acid groups (broad SMARTS) is 1. The summed E-state index contributed by atoms with van der Waals surface area (Å²) >= 11 is 2.05. The highest BCUT2D eigenvalue weighted by atomic mass is 127. The molecule has 0 saturated heterocycles. The van der Waals surface area contributed by atoms with Crippen molar-refractivity contribution < 1.29 is 14.7 Å². The smallest absolute Gasteiger partial charge is 0.325 e. The molecule has 0 aromatic carbocycles. The van der Waals surface area contributed by atoms with Gasteiger partial charge in [0.1, 0.15) is 11.7 Å². The Labute approximate surface area is 94.0 Å². The van der Waals surface area contributed by atoms with Gasteiger partial charge in [-0.05, 0) is 35.6 Å². The molecule has 0 radical (unpaired) electrons. The molecular weight excluding hydrogens is 299 g/mol. The standard InChI is InChI=1S/C8H9IN2O3/c1-4(8(13)14)11-7(12)6-2-5(9)3-10-6/h2-4,10H,1H3,(H,11,12)(H,13,14). The fraction of sp³-hybridized carbons (Fsp3) is 0.250. The predicted octanol–water partition coefficient (Wildman–Crippen LogP) is 0.822. The second-order valence-electron chi connectivity index (χ2n) is 2.76. The number of carbonyl (C=O) groups is 2. The van der Waals surface area contributed by atoms with E-state index in [9.17, 15) is 9.59 Å². The summed E-state index contributed by atoms with van der Waals surface area (Å²) < 4.78 is 0.899. The number of rotatable bonds is 3. The van der Waals surface area contributed by atoms with Crippen LogP contribution in [0.1, 0.15) is 17.4 Å². The van der Waals surface area contributed by atoms with Crippen LogP contribution in [0.25, 0.3) is 0 Å². The van der Waals surface area contributed by atoms with Crippen molar-refractivity contribution in [2.24, 2.45) is 0 Å². The molecule has 1 aromatic rings. The van der Waals surface area contributed by atoms with Crippen molar-refractivity contribution in [2.75, 3.05) is 0 Å². The molecule has 14 heavy (non-hydrogen) atoms. The number of aromatic nitrogens is 1. The van der Waals surface area contributed by atoms with Crippen LogP contribution in [0.15, 0.2) is 12.3 Å². The van der Waals surface area contributed by atoms with E-state index in [0.29, 0.717) is 5.69 Å². The molecule has 0 saturated carbocycles. The molecule has 5 nitrogen and oxygen atoms in total. The zero-order valence-corrected chi connectivity index (χ0v) is 9.53. The number of H-pyrrole nitrogens is 1. The van der Waals surface area contributed by atoms with E-state index >= 15 is 0 Å². The van der Waals surface area contributed by atoms with E-state index in [1.165, 1.54) is 6.92 Å². The second kappa shape index (κ2) is 4.45. The number of nitrogens with one attached hydrogen (secondary N) is 2. The van der Waals surface area contributed by atoms with Gasteiger partial charge in [-0.1, -0.05) is 0 Å². The summed E-state index contributed by atoms with van der Waals surface area (Å²) in [5, 5.41) is 10.9. The van der Waals surface area contributed by atoms with Gasteiger partial charge in [-0.15, -0.1) is 0 Å². The van der Waals surface area contributed by atoms with E-state index in [1.807, 2.05) is 0 Å². The Morgan fingerprint density at radius 2 is 2.29 bits per heavy atom. The number of carboxylic acids is 1. The minimum atomic E-state index is -1.06. The number of aliphatic carboxylic acids is 1. The van der Waals surface area contributed by atoms with Crippen LogP contribution in [0.2, 0.25) is 0 Å². The summed E-state index contributed by atoms with van der Waals surface area (Å²) in [5.41, 5.74) is 0.363. The van der Waals surface area contributed by atoms with Crippen LogP contribution >= 0.6 is 22.6 Å². The lowest BCUT2D eigenvalue weighted by Crippen LogP contribution is -2.38. The maximum Gasteiger partial charge on any atom is 0.325 e. The van der Waals surface area contributed by atoms with Gasteiger partial charge in [-0.3, -0.25) is 9.59 Å². The summed E-state index contributed by atoms with van der Waals surface area (Å²) in [6.07, 6.45) is 1.67. The van der Waals surface area contributed by atoms with Crippen LogP contribution in [0, 0.1) is 3.57 Å². The molecule has 76 valence electrons. The molecule has 3 N–H and O–H groups in total. The SMILES string of the molecule is CC(NC(=O)c1cc(I)c[nH]1)C(=O)O. The molecule has 1 heterocycles. The Balaban J connectivity index is 2.63. The van der Waals surface area contributed by atoms with Gasteiger partial charge in [0, 0.05) is 9.77 Å². The summed E-state index contributed by atoms with van der Waals surface area (Å²) in [5.74, 6) is -1.47. The lowest BCUT2D eigenvalue weighted by atomic mass is 10.3. The summed E-state index contributed by atoms with van der Waals surface area (Å²) in [4.78, 5) is 24.5. The Morgan fingerprint density at radius 3 is 2.71 bits per heavy atom. The molecule has 1 amide bonds. The van der Waals surface area contributed by atoms with Gasteiger partial charge >= 0.3 is 5.97 Å². The third kappa shape index (κ3) is 2.72. The molecule has 0 aliphatic carbocycles. The number of hydrogen-bond acceptors (Lipinski definition) is 2. The Morgan fingerprint density at radius 1 is 1.64 bits per heavy atom. The minimum absolute atomic E-state index is 0.363. The molecule has 1 aromatic heterocycles. The third-order valence-corrected chi connectivity index (χ3v) is 2.23. The molecule has 0 aliphatic heterocycles. The number of aromatic amines is 1. The van der Waals surface area contributed by atoms with Crippen LogP contribution in [0.3, 0.4) is 0 Å². The zero-order valence-electron chi connectivity index (χ0n) is 7.37. The van der Waals surface area contributed by atoms with E-state index in [4.69, 9.17) is 5.11 Å². The quantitative estimate of drug-likeness (QED) is 0.723. The fourth-order valence-electron chi connectivity index (χ4n) is 0.835. The molecule has 0 aliphatic rings. The lowest BCUT2D eigenvalue weighted by Gasteiger charge is -2.07. The first-order valence-corrected chi connectivity index (χ1v) is 4.96. The van der Waals surface area contributed by atoms with Gasteiger partial charge in [0.05, 0.1) is 0 Å². The highest BCUT2D eigenvalue weighted by molar-refractivity contribution is 14.1. The van der Waals surface area contributed by atoms with Gasteiger partial charge in [-0.2, -0.15) is 0 Å². The van der Waals surface area contributed by atoms with Gasteiger partial charge in [0.15, 0.2) is 0 Å². The van der Waals surface area contributed by atoms with Gasteiger partial charge in [-0.25, -0.2) is 0 Å². The van der Waals surface area contributed by atoms with Crippen molar-refractivity contribution >= 4 is 34.5 Å². The molecule has 6 heteroatoms. The molecule has 1 rings (SSSR count). The van der Waals surface area contributed by atoms with Crippen molar-refractivity contribution in [2.45, 2.75) is 13.0 Å². The van der Waals surface area contributed by atoms with E-state index in [-0.39, 0.29) is 0 Å². The van der Waals surface area contributed by atoms with Crippen LogP contribution in [0.5, 0.6) is 0 Å². The highest BCUT2D eigenvalue weighted by Gasteiger charge is 2.15. The zero-order chi connectivity index (χ0) is 10.7. The van der Waals surface area contributed by atoms with Crippen molar-refractivity contribution in [1.29, 1.82) is 0 Å². The van der Waals surface area contributed by atoms with Crippen LogP contribution in [0.4, 0.5) is 0 Å². The van der Waals surface area contributed by atoms with Gasteiger partial charge in [0.25, 0.3) is 5.91 Å². The molecular formula is C8H9IN2O3. The number of amides is 1. The van der Waals surface area contributed by atoms with Crippen molar-refractivity contribution in [3.05, 3.63) is 21.5 Å². The maximum absolute atomic E-state index is 11.4. The van der Waals surface area contributed by atoms with Gasteiger partial charge in [0.2, 0.25) is 0 Å². The van der Waals surface area contributed by atoms with E-state index in [2.05, 4.69) is 32.9 Å². The van der Waals surface area contributed by atoms with Crippen LogP contribution < -0.4 is 5.32 Å². The number of halogens is 1. The summed E-state index contributed by atoms with van der Waals surface area (Å²) in [7, 11) is 0. The average molecular weight is 308 g/mol. The minimum Gasteiger partial charge on any atom is -0.480 e.